The van der Waals surface area contributed by atoms with E-state index in [4.69, 9.17) is 22.1 Å². The van der Waals surface area contributed by atoms with E-state index in [1.54, 1.807) is 0 Å². The molecule has 0 aliphatic carbocycles. The average Bonchev–Trinajstić information content (AvgIpc) is 2.43. The zero-order chi connectivity index (χ0) is 14.7. The monoisotopic (exact) mass is 299 g/mol. The highest BCUT2D eigenvalue weighted by atomic mass is 35.5. The normalized spacial score (nSPS) is 16.9. The molecule has 0 bridgehead atoms. The summed E-state index contributed by atoms with van der Waals surface area (Å²) in [4.78, 5) is 12.3. The van der Waals surface area contributed by atoms with Crippen molar-refractivity contribution in [2.45, 2.75) is 18.9 Å². The number of rotatable bonds is 3. The summed E-state index contributed by atoms with van der Waals surface area (Å²) in [5, 5.41) is 13.8. The first-order chi connectivity index (χ1) is 9.51. The number of piperidine rings is 1. The van der Waals surface area contributed by atoms with Crippen molar-refractivity contribution in [3.63, 3.8) is 0 Å². The van der Waals surface area contributed by atoms with Gasteiger partial charge in [-0.15, -0.1) is 0 Å². The minimum Gasteiger partial charge on any atom is -0.496 e. The van der Waals surface area contributed by atoms with Crippen LogP contribution in [0.3, 0.4) is 0 Å². The molecule has 20 heavy (non-hydrogen) atoms. The lowest BCUT2D eigenvalue weighted by Gasteiger charge is -2.28. The number of amides is 1. The van der Waals surface area contributed by atoms with Gasteiger partial charge >= 0.3 is 0 Å². The standard InChI is InChI=1S/C13H18ClN3O3/c1-20-12-7-11(15)10(14)6-9(12)13(18)16-8-2-4-17(19)5-3-8/h6-8,19H,2-5,15H2,1H3,(H,16,18). The Kier molecular flexibility index (Phi) is 4.69. The molecule has 1 fully saturated rings. The smallest absolute Gasteiger partial charge is 0.255 e. The van der Waals surface area contributed by atoms with E-state index >= 15 is 0 Å². The Labute approximate surface area is 122 Å². The lowest BCUT2D eigenvalue weighted by atomic mass is 10.1. The number of hydrogen-bond acceptors (Lipinski definition) is 5. The fraction of sp³-hybridized carbons (Fsp3) is 0.462. The quantitative estimate of drug-likeness (QED) is 0.737. The minimum absolute atomic E-state index is 0.0342. The second kappa shape index (κ2) is 6.30. The number of carbonyl (C=O) groups is 1. The van der Waals surface area contributed by atoms with Crippen LogP contribution in [-0.4, -0.2) is 42.4 Å². The third-order valence-corrected chi connectivity index (χ3v) is 3.70. The zero-order valence-electron chi connectivity index (χ0n) is 11.2. The number of methoxy groups -OCH3 is 1. The molecule has 0 saturated carbocycles. The topological polar surface area (TPSA) is 87.8 Å². The van der Waals surface area contributed by atoms with Crippen molar-refractivity contribution in [2.24, 2.45) is 0 Å². The third kappa shape index (κ3) is 3.33. The van der Waals surface area contributed by atoms with Gasteiger partial charge in [-0.2, -0.15) is 5.06 Å². The summed E-state index contributed by atoms with van der Waals surface area (Å²) in [6.07, 6.45) is 1.40. The van der Waals surface area contributed by atoms with Crippen LogP contribution in [0.5, 0.6) is 5.75 Å². The number of nitrogens with one attached hydrogen (secondary N) is 1. The molecule has 1 heterocycles. The van der Waals surface area contributed by atoms with Crippen molar-refractivity contribution >= 4 is 23.2 Å². The van der Waals surface area contributed by atoms with Crippen molar-refractivity contribution in [2.75, 3.05) is 25.9 Å². The minimum atomic E-state index is -0.250. The van der Waals surface area contributed by atoms with Gasteiger partial charge in [-0.05, 0) is 18.9 Å². The SMILES string of the molecule is COc1cc(N)c(Cl)cc1C(=O)NC1CCN(O)CC1. The number of hydrogen-bond donors (Lipinski definition) is 3. The second-order valence-electron chi connectivity index (χ2n) is 4.78. The van der Waals surface area contributed by atoms with Gasteiger partial charge in [0.25, 0.3) is 5.91 Å². The van der Waals surface area contributed by atoms with Crippen LogP contribution in [0.2, 0.25) is 5.02 Å². The number of anilines is 1. The highest BCUT2D eigenvalue weighted by Gasteiger charge is 2.22. The molecule has 2 rings (SSSR count). The number of hydroxylamine groups is 2. The first kappa shape index (κ1) is 14.9. The van der Waals surface area contributed by atoms with Crippen LogP contribution >= 0.6 is 11.6 Å². The lowest BCUT2D eigenvalue weighted by Crippen LogP contribution is -2.43. The van der Waals surface area contributed by atoms with E-state index in [0.29, 0.717) is 48.0 Å². The van der Waals surface area contributed by atoms with Gasteiger partial charge in [0.2, 0.25) is 0 Å². The zero-order valence-corrected chi connectivity index (χ0v) is 12.0. The van der Waals surface area contributed by atoms with Gasteiger partial charge in [-0.1, -0.05) is 11.6 Å². The Morgan fingerprint density at radius 2 is 2.15 bits per heavy atom. The first-order valence-corrected chi connectivity index (χ1v) is 6.76. The summed E-state index contributed by atoms with van der Waals surface area (Å²) in [5.41, 5.74) is 6.42. The maximum absolute atomic E-state index is 12.3. The number of ether oxygens (including phenoxy) is 1. The predicted octanol–water partition coefficient (Wildman–Crippen LogP) is 1.51. The summed E-state index contributed by atoms with van der Waals surface area (Å²) in [6, 6.07) is 3.08. The number of nitrogen functional groups attached to an aromatic ring is 1. The molecule has 0 unspecified atom stereocenters. The number of halogens is 1. The molecule has 0 radical (unpaired) electrons. The van der Waals surface area contributed by atoms with Crippen molar-refractivity contribution in [1.82, 2.24) is 10.4 Å². The lowest BCUT2D eigenvalue weighted by molar-refractivity contribution is -0.107. The van der Waals surface area contributed by atoms with E-state index in [9.17, 15) is 10.0 Å². The maximum Gasteiger partial charge on any atom is 0.255 e. The number of nitrogens with two attached hydrogens (primary N) is 1. The van der Waals surface area contributed by atoms with Crippen molar-refractivity contribution in [3.05, 3.63) is 22.7 Å². The van der Waals surface area contributed by atoms with E-state index < -0.39 is 0 Å². The van der Waals surface area contributed by atoms with Crippen molar-refractivity contribution in [3.8, 4) is 5.75 Å². The number of benzene rings is 1. The maximum atomic E-state index is 12.3. The van der Waals surface area contributed by atoms with Gasteiger partial charge in [0.1, 0.15) is 5.75 Å². The van der Waals surface area contributed by atoms with Crippen molar-refractivity contribution in [1.29, 1.82) is 0 Å². The summed E-state index contributed by atoms with van der Waals surface area (Å²) < 4.78 is 5.16. The van der Waals surface area contributed by atoms with Crippen LogP contribution in [-0.2, 0) is 0 Å². The van der Waals surface area contributed by atoms with Gasteiger partial charge in [0, 0.05) is 25.2 Å². The fourth-order valence-electron chi connectivity index (χ4n) is 2.19. The molecular formula is C13H18ClN3O3. The van der Waals surface area contributed by atoms with Gasteiger partial charge in [-0.25, -0.2) is 0 Å². The Bertz CT molecular complexity index is 502. The Morgan fingerprint density at radius 3 is 2.75 bits per heavy atom. The van der Waals surface area contributed by atoms with E-state index in [2.05, 4.69) is 5.32 Å². The van der Waals surface area contributed by atoms with E-state index in [1.165, 1.54) is 24.3 Å². The summed E-state index contributed by atoms with van der Waals surface area (Å²) in [6.45, 7) is 1.09. The molecule has 7 heteroatoms. The molecule has 1 aliphatic rings. The molecule has 6 nitrogen and oxygen atoms in total. The second-order valence-corrected chi connectivity index (χ2v) is 5.18. The molecule has 1 amide bonds. The van der Waals surface area contributed by atoms with Crippen LogP contribution in [0.1, 0.15) is 23.2 Å². The molecule has 110 valence electrons. The predicted molar refractivity (Wildman–Crippen MR) is 76.3 cm³/mol. The number of nitrogens with zero attached hydrogens (tertiary/aromatic N) is 1. The van der Waals surface area contributed by atoms with Crippen LogP contribution in [0.15, 0.2) is 12.1 Å². The Morgan fingerprint density at radius 1 is 1.50 bits per heavy atom. The Balaban J connectivity index is 2.11. The average molecular weight is 300 g/mol. The van der Waals surface area contributed by atoms with Crippen LogP contribution in [0.4, 0.5) is 5.69 Å². The van der Waals surface area contributed by atoms with Gasteiger partial charge in [0.15, 0.2) is 0 Å². The van der Waals surface area contributed by atoms with Crippen LogP contribution in [0, 0.1) is 0 Å². The van der Waals surface area contributed by atoms with E-state index in [0.717, 1.165) is 0 Å². The highest BCUT2D eigenvalue weighted by Crippen LogP contribution is 2.29. The van der Waals surface area contributed by atoms with Gasteiger partial charge in [0.05, 0.1) is 23.4 Å². The van der Waals surface area contributed by atoms with E-state index in [-0.39, 0.29) is 11.9 Å². The summed E-state index contributed by atoms with van der Waals surface area (Å²) in [7, 11) is 1.48. The molecule has 1 aliphatic heterocycles. The molecule has 4 N–H and O–H groups in total. The third-order valence-electron chi connectivity index (χ3n) is 3.37. The van der Waals surface area contributed by atoms with E-state index in [1.807, 2.05) is 0 Å². The molecular weight excluding hydrogens is 282 g/mol. The number of carbonyl (C=O) groups excluding carboxylic acids is 1. The Hall–Kier alpha value is -1.50. The van der Waals surface area contributed by atoms with Crippen molar-refractivity contribution < 1.29 is 14.7 Å². The molecule has 0 aromatic heterocycles. The molecule has 1 saturated heterocycles. The molecule has 1 aromatic rings. The highest BCUT2D eigenvalue weighted by molar-refractivity contribution is 6.33. The molecule has 0 spiro atoms. The molecule has 0 atom stereocenters. The van der Waals surface area contributed by atoms with Crippen LogP contribution < -0.4 is 15.8 Å². The first-order valence-electron chi connectivity index (χ1n) is 6.39. The fourth-order valence-corrected chi connectivity index (χ4v) is 2.35. The summed E-state index contributed by atoms with van der Waals surface area (Å²) >= 11 is 5.95. The summed E-state index contributed by atoms with van der Waals surface area (Å²) in [5.74, 6) is 0.143. The largest absolute Gasteiger partial charge is 0.496 e. The molecule has 1 aromatic carbocycles. The van der Waals surface area contributed by atoms with Crippen LogP contribution in [0.25, 0.3) is 0 Å². The van der Waals surface area contributed by atoms with Gasteiger partial charge < -0.3 is 21.0 Å². The van der Waals surface area contributed by atoms with Gasteiger partial charge in [-0.3, -0.25) is 4.79 Å².